The van der Waals surface area contributed by atoms with Crippen LogP contribution in [0.4, 0.5) is 5.69 Å². The van der Waals surface area contributed by atoms with E-state index in [0.29, 0.717) is 28.4 Å². The molecule has 10 nitrogen and oxygen atoms in total. The fourth-order valence-corrected chi connectivity index (χ4v) is 5.98. The number of benzene rings is 2. The van der Waals surface area contributed by atoms with E-state index in [1.165, 1.54) is 12.1 Å². The molecule has 0 spiro atoms. The molecule has 2 heterocycles. The van der Waals surface area contributed by atoms with E-state index in [9.17, 15) is 13.2 Å². The van der Waals surface area contributed by atoms with Crippen LogP contribution in [0.1, 0.15) is 27.9 Å². The Kier molecular flexibility index (Phi) is 7.50. The van der Waals surface area contributed by atoms with Gasteiger partial charge in [-0.1, -0.05) is 11.6 Å². The van der Waals surface area contributed by atoms with E-state index in [-0.39, 0.29) is 27.7 Å². The van der Waals surface area contributed by atoms with Crippen molar-refractivity contribution in [3.8, 4) is 11.5 Å². The first kappa shape index (κ1) is 25.2. The number of carbonyl (C=O) groups is 1. The number of rotatable bonds is 6. The molecule has 0 aliphatic carbocycles. The highest BCUT2D eigenvalue weighted by molar-refractivity contribution is 7.90. The molecule has 0 saturated carbocycles. The number of aliphatic imine (C=N–C) groups is 1. The summed E-state index contributed by atoms with van der Waals surface area (Å²) in [7, 11) is -3.87. The summed E-state index contributed by atoms with van der Waals surface area (Å²) >= 11 is 6.52. The average molecular weight is 522 g/mol. The molecule has 35 heavy (non-hydrogen) atoms. The highest BCUT2D eigenvalue weighted by Gasteiger charge is 2.31. The van der Waals surface area contributed by atoms with Crippen LogP contribution >= 0.6 is 11.6 Å². The second-order valence-corrected chi connectivity index (χ2v) is 10.9. The lowest BCUT2D eigenvalue weighted by Crippen LogP contribution is -2.37. The van der Waals surface area contributed by atoms with Crippen LogP contribution in [0.2, 0.25) is 5.02 Å². The minimum Gasteiger partial charge on any atom is -0.454 e. The number of morpholine rings is 1. The van der Waals surface area contributed by atoms with Gasteiger partial charge in [-0.3, -0.25) is 9.69 Å². The number of halogens is 1. The Morgan fingerprint density at radius 1 is 1.17 bits per heavy atom. The van der Waals surface area contributed by atoms with E-state index in [4.69, 9.17) is 32.5 Å². The van der Waals surface area contributed by atoms with Gasteiger partial charge in [-0.25, -0.2) is 8.42 Å². The summed E-state index contributed by atoms with van der Waals surface area (Å²) in [5.74, 6) is -1.09. The van der Waals surface area contributed by atoms with E-state index in [2.05, 4.69) is 15.2 Å². The van der Waals surface area contributed by atoms with E-state index in [0.717, 1.165) is 39.3 Å². The number of carbonyl (C=O) groups excluding carboxylic acids is 1. The van der Waals surface area contributed by atoms with Gasteiger partial charge in [-0.2, -0.15) is 4.99 Å². The Hall–Kier alpha value is -2.86. The molecule has 2 aliphatic heterocycles. The van der Waals surface area contributed by atoms with Crippen LogP contribution in [0.5, 0.6) is 11.5 Å². The molecule has 2 aromatic carbocycles. The van der Waals surface area contributed by atoms with Gasteiger partial charge in [0.2, 0.25) is 0 Å². The topological polar surface area (TPSA) is 149 Å². The minimum absolute atomic E-state index is 0.0431. The number of amides is 1. The van der Waals surface area contributed by atoms with Gasteiger partial charge in [-0.05, 0) is 49.7 Å². The number of guanidine groups is 1. The first-order valence-corrected chi connectivity index (χ1v) is 13.2. The molecule has 0 aromatic heterocycles. The number of nitrogens with one attached hydrogen (secondary N) is 1. The fourth-order valence-electron chi connectivity index (χ4n) is 4.13. The van der Waals surface area contributed by atoms with Crippen molar-refractivity contribution in [1.29, 1.82) is 0 Å². The lowest BCUT2D eigenvalue weighted by Gasteiger charge is -2.26. The van der Waals surface area contributed by atoms with E-state index >= 15 is 0 Å². The van der Waals surface area contributed by atoms with Gasteiger partial charge in [0.15, 0.2) is 15.8 Å². The van der Waals surface area contributed by atoms with Gasteiger partial charge in [0, 0.05) is 36.4 Å². The molecule has 1 amide bonds. The van der Waals surface area contributed by atoms with E-state index in [1.807, 2.05) is 0 Å². The normalized spacial score (nSPS) is 16.9. The van der Waals surface area contributed by atoms with Crippen molar-refractivity contribution in [1.82, 2.24) is 4.90 Å². The van der Waals surface area contributed by atoms with Gasteiger partial charge in [-0.15, -0.1) is 0 Å². The predicted molar refractivity (Wildman–Crippen MR) is 134 cm³/mol. The number of hydrogen-bond donors (Lipinski definition) is 3. The quantitative estimate of drug-likeness (QED) is 0.295. The summed E-state index contributed by atoms with van der Waals surface area (Å²) in [6.45, 7) is 6.67. The highest BCUT2D eigenvalue weighted by Crippen LogP contribution is 2.44. The Bertz CT molecular complexity index is 1270. The number of sulfone groups is 1. The van der Waals surface area contributed by atoms with Gasteiger partial charge in [0.05, 0.1) is 24.0 Å². The molecule has 12 heteroatoms. The van der Waals surface area contributed by atoms with Gasteiger partial charge < -0.3 is 26.3 Å². The average Bonchev–Trinajstić information content (AvgIpc) is 2.91. The Morgan fingerprint density at radius 3 is 2.63 bits per heavy atom. The monoisotopic (exact) mass is 521 g/mol. The molecule has 0 bridgehead atoms. The number of aryl methyl sites for hydroxylation is 1. The predicted octanol–water partition coefficient (Wildman–Crippen LogP) is 2.28. The van der Waals surface area contributed by atoms with E-state index in [1.54, 1.807) is 19.1 Å². The molecule has 2 aliphatic rings. The van der Waals surface area contributed by atoms with E-state index < -0.39 is 21.7 Å². The molecule has 188 valence electrons. The van der Waals surface area contributed by atoms with Crippen molar-refractivity contribution in [2.24, 2.45) is 16.5 Å². The summed E-state index contributed by atoms with van der Waals surface area (Å²) in [4.78, 5) is 18.0. The number of hydrogen-bond acceptors (Lipinski definition) is 7. The molecule has 5 N–H and O–H groups in total. The zero-order valence-corrected chi connectivity index (χ0v) is 20.9. The molecule has 4 rings (SSSR count). The molecule has 0 atom stereocenters. The maximum absolute atomic E-state index is 13.3. The lowest BCUT2D eigenvalue weighted by molar-refractivity contribution is 0.0378. The number of nitrogens with two attached hydrogens (primary N) is 2. The number of fused-ring (bicyclic) bond motifs is 2. The van der Waals surface area contributed by atoms with Crippen LogP contribution in [0.15, 0.2) is 34.2 Å². The van der Waals surface area contributed by atoms with Crippen molar-refractivity contribution < 1.29 is 22.7 Å². The first-order chi connectivity index (χ1) is 16.6. The fraction of sp³-hybridized carbons (Fsp3) is 0.391. The Labute approximate surface area is 209 Å². The smallest absolute Gasteiger partial charge is 0.280 e. The molecule has 1 saturated heterocycles. The number of ether oxygens (including phenoxy) is 2. The van der Waals surface area contributed by atoms with Crippen molar-refractivity contribution >= 4 is 39.0 Å². The molecular formula is C23H28ClN5O5S. The van der Waals surface area contributed by atoms with Gasteiger partial charge in [0.25, 0.3) is 5.91 Å². The van der Waals surface area contributed by atoms with Crippen molar-refractivity contribution in [3.63, 3.8) is 0 Å². The third kappa shape index (κ3) is 5.87. The minimum atomic E-state index is -3.87. The number of anilines is 1. The number of nitrogens with zero attached hydrogens (tertiary/aromatic N) is 2. The Balaban J connectivity index is 1.56. The molecule has 0 unspecified atom stereocenters. The van der Waals surface area contributed by atoms with Gasteiger partial charge >= 0.3 is 0 Å². The van der Waals surface area contributed by atoms with Crippen LogP contribution < -0.4 is 21.5 Å². The van der Waals surface area contributed by atoms with Crippen LogP contribution in [0, 0.1) is 6.92 Å². The second kappa shape index (κ2) is 10.4. The van der Waals surface area contributed by atoms with Crippen molar-refractivity contribution in [2.45, 2.75) is 24.0 Å². The summed E-state index contributed by atoms with van der Waals surface area (Å²) in [5, 5.41) is 3.61. The lowest BCUT2D eigenvalue weighted by atomic mass is 10.1. The highest BCUT2D eigenvalue weighted by atomic mass is 35.5. The zero-order valence-electron chi connectivity index (χ0n) is 19.3. The van der Waals surface area contributed by atoms with Crippen LogP contribution in [0.3, 0.4) is 0 Å². The first-order valence-electron chi connectivity index (χ1n) is 11.2. The molecular weight excluding hydrogens is 494 g/mol. The summed E-state index contributed by atoms with van der Waals surface area (Å²) in [5.41, 5.74) is 12.2. The third-order valence-corrected chi connectivity index (χ3v) is 7.75. The maximum Gasteiger partial charge on any atom is 0.280 e. The SMILES string of the molecule is Cc1cc(C(=O)N=C(N)N)cc2c1Oc1c(Cl)cc(NCCCN3CCOCC3)cc1CS2(=O)=O. The Morgan fingerprint density at radius 2 is 1.91 bits per heavy atom. The largest absolute Gasteiger partial charge is 0.454 e. The van der Waals surface area contributed by atoms with Crippen LogP contribution in [-0.2, 0) is 20.3 Å². The standard InChI is InChI=1S/C23H28ClN5O5S/c1-14-9-15(22(30)28-23(25)26)11-19-20(14)34-21-16(13-35(19,31)32)10-17(12-18(21)24)27-3-2-4-29-5-7-33-8-6-29/h9-12,27H,2-8,13H2,1H3,(H4,25,26,28,30). The van der Waals surface area contributed by atoms with Crippen molar-refractivity contribution in [2.75, 3.05) is 44.7 Å². The van der Waals surface area contributed by atoms with Crippen molar-refractivity contribution in [3.05, 3.63) is 46.0 Å². The van der Waals surface area contributed by atoms with Crippen LogP contribution in [-0.4, -0.2) is 64.6 Å². The summed E-state index contributed by atoms with van der Waals surface area (Å²) in [6.07, 6.45) is 0.917. The third-order valence-electron chi connectivity index (χ3n) is 5.81. The zero-order chi connectivity index (χ0) is 25.2. The van der Waals surface area contributed by atoms with Crippen LogP contribution in [0.25, 0.3) is 0 Å². The second-order valence-electron chi connectivity index (χ2n) is 8.50. The molecule has 2 aromatic rings. The summed E-state index contributed by atoms with van der Waals surface area (Å²) < 4.78 is 38.0. The van der Waals surface area contributed by atoms with Gasteiger partial charge in [0.1, 0.15) is 16.4 Å². The summed E-state index contributed by atoms with van der Waals surface area (Å²) in [6, 6.07) is 6.17. The molecule has 1 fully saturated rings. The molecule has 0 radical (unpaired) electrons. The maximum atomic E-state index is 13.3.